The molecule has 4 nitrogen and oxygen atoms in total. The summed E-state index contributed by atoms with van der Waals surface area (Å²) in [6.07, 6.45) is 24.7. The maximum atomic E-state index is 11.3. The zero-order valence-electron chi connectivity index (χ0n) is 25.1. The number of carboxylic acids is 2. The van der Waals surface area contributed by atoms with Crippen molar-refractivity contribution in [3.8, 4) is 0 Å². The maximum absolute atomic E-state index is 11.3. The molecule has 216 valence electrons. The van der Waals surface area contributed by atoms with Crippen molar-refractivity contribution in [1.29, 1.82) is 0 Å². The first-order chi connectivity index (χ1) is 18.0. The van der Waals surface area contributed by atoms with Gasteiger partial charge < -0.3 is 19.8 Å². The van der Waals surface area contributed by atoms with Gasteiger partial charge >= 0.3 is 95.2 Å². The number of aliphatic carboxylic acids is 2. The van der Waals surface area contributed by atoms with Gasteiger partial charge in [0, 0.05) is 0 Å². The van der Waals surface area contributed by atoms with Crippen LogP contribution in [0.15, 0.2) is 11.1 Å². The third-order valence-electron chi connectivity index (χ3n) is 6.83. The van der Waals surface area contributed by atoms with Crippen molar-refractivity contribution in [2.75, 3.05) is 0 Å². The van der Waals surface area contributed by atoms with Crippen LogP contribution in [0.4, 0.5) is 0 Å². The normalized spacial score (nSPS) is 11.4. The van der Waals surface area contributed by atoms with E-state index >= 15 is 0 Å². The topological polar surface area (TPSA) is 80.3 Å². The number of rotatable bonds is 26. The molecule has 0 aromatic carbocycles. The van der Waals surface area contributed by atoms with Gasteiger partial charge in [-0.15, -0.1) is 0 Å². The Balaban J connectivity index is 0. The van der Waals surface area contributed by atoms with Crippen LogP contribution >= 0.6 is 0 Å². The van der Waals surface area contributed by atoms with Gasteiger partial charge in [0.1, 0.15) is 0 Å². The molecule has 0 aromatic rings. The van der Waals surface area contributed by atoms with Crippen LogP contribution < -0.4 is 10.2 Å². The van der Waals surface area contributed by atoms with E-state index in [0.29, 0.717) is 12.8 Å². The zero-order chi connectivity index (χ0) is 28.0. The average Bonchev–Trinajstić information content (AvgIpc) is 2.87. The van der Waals surface area contributed by atoms with Crippen LogP contribution in [0.3, 0.4) is 0 Å². The minimum atomic E-state index is -1.35. The third kappa shape index (κ3) is 28.3. The van der Waals surface area contributed by atoms with E-state index in [1.165, 1.54) is 51.4 Å². The monoisotopic (exact) mass is 628 g/mol. The summed E-state index contributed by atoms with van der Waals surface area (Å²) in [5.41, 5.74) is -0.113. The number of unbranched alkanes of at least 4 members (excludes halogenated alkanes) is 16. The Morgan fingerprint density at radius 2 is 0.703 bits per heavy atom. The number of carboxylic acid groups (broad SMARTS) is 2. The van der Waals surface area contributed by atoms with E-state index in [-0.39, 0.29) is 45.1 Å². The quantitative estimate of drug-likeness (QED) is 0.0554. The van der Waals surface area contributed by atoms with Crippen molar-refractivity contribution in [2.24, 2.45) is 0 Å². The summed E-state index contributed by atoms with van der Waals surface area (Å²) in [6.45, 7) is 8.88. The molecular weight excluding hydrogens is 567 g/mol. The van der Waals surface area contributed by atoms with Crippen LogP contribution in [-0.4, -0.2) is 33.1 Å². The summed E-state index contributed by atoms with van der Waals surface area (Å²) in [6, 6.07) is 0. The second-order valence-corrected chi connectivity index (χ2v) is 14.7. The van der Waals surface area contributed by atoms with E-state index in [9.17, 15) is 19.8 Å². The van der Waals surface area contributed by atoms with Crippen LogP contribution in [0.5, 0.6) is 0 Å². The second-order valence-electron chi connectivity index (χ2n) is 10.4. The Hall–Kier alpha value is -0.521. The van der Waals surface area contributed by atoms with Crippen molar-refractivity contribution < 1.29 is 19.8 Å². The van der Waals surface area contributed by atoms with Gasteiger partial charge in [0.25, 0.3) is 0 Å². The molecule has 0 saturated heterocycles. The molecule has 37 heavy (non-hydrogen) atoms. The van der Waals surface area contributed by atoms with Crippen LogP contribution in [-0.2, 0) is 9.59 Å². The number of hydrogen-bond donors (Lipinski definition) is 0. The van der Waals surface area contributed by atoms with Crippen molar-refractivity contribution in [1.82, 2.24) is 0 Å². The molecule has 0 radical (unpaired) electrons. The molecule has 0 N–H and O–H groups in total. The van der Waals surface area contributed by atoms with Crippen molar-refractivity contribution in [3.63, 3.8) is 0 Å². The summed E-state index contributed by atoms with van der Waals surface area (Å²) in [4.78, 5) is 22.7. The fraction of sp³-hybridized carbons (Fsp3) is 0.875. The van der Waals surface area contributed by atoms with Crippen molar-refractivity contribution in [3.05, 3.63) is 11.1 Å². The Labute approximate surface area is 241 Å². The van der Waals surface area contributed by atoms with E-state index < -0.39 is 11.9 Å². The molecule has 0 saturated carbocycles. The Kier molecular flexibility index (Phi) is 33.1. The van der Waals surface area contributed by atoms with Crippen LogP contribution in [0.25, 0.3) is 0 Å². The molecule has 0 fully saturated rings. The standard InChI is InChI=1S/C20H36O4.2C6H13.Sn/c1-3-5-7-9-11-13-15-17(19(21)22)18(20(23)24)16-14-12-10-8-6-4-2;2*1-3-5-6-4-2;/h3-16H2,1-2H3,(H,21,22)(H,23,24);2*1,3-6H2,2H3;/q;;;+2/p-2. The predicted molar refractivity (Wildman–Crippen MR) is 157 cm³/mol. The van der Waals surface area contributed by atoms with Gasteiger partial charge in [-0.25, -0.2) is 0 Å². The molecule has 0 bridgehead atoms. The predicted octanol–water partition coefficient (Wildman–Crippen LogP) is 7.97. The van der Waals surface area contributed by atoms with Crippen molar-refractivity contribution >= 4 is 33.1 Å². The number of carbonyl (C=O) groups excluding carboxylic acids is 2. The molecule has 0 aliphatic rings. The van der Waals surface area contributed by atoms with Gasteiger partial charge in [0.15, 0.2) is 0 Å². The molecule has 5 heteroatoms. The van der Waals surface area contributed by atoms with Gasteiger partial charge in [-0.2, -0.15) is 0 Å². The Morgan fingerprint density at radius 3 is 1.00 bits per heavy atom. The first-order valence-electron chi connectivity index (χ1n) is 15.8. The molecule has 0 rings (SSSR count). The van der Waals surface area contributed by atoms with E-state index in [0.717, 1.165) is 51.4 Å². The first kappa shape index (κ1) is 38.6. The second kappa shape index (κ2) is 31.7. The molecule has 0 spiro atoms. The van der Waals surface area contributed by atoms with Gasteiger partial charge in [-0.05, 0) is 36.8 Å². The Bertz CT molecular complexity index is 499. The molecule has 0 aliphatic heterocycles. The molecule has 0 atom stereocenters. The van der Waals surface area contributed by atoms with Crippen LogP contribution in [0, 0.1) is 0 Å². The van der Waals surface area contributed by atoms with E-state index in [1.54, 1.807) is 21.7 Å². The molecule has 0 aromatic heterocycles. The van der Waals surface area contributed by atoms with Crippen LogP contribution in [0.1, 0.15) is 169 Å². The van der Waals surface area contributed by atoms with Gasteiger partial charge in [-0.1, -0.05) is 78.1 Å². The summed E-state index contributed by atoms with van der Waals surface area (Å²) >= 11 is 0.104. The minimum absolute atomic E-state index is 0.0564. The van der Waals surface area contributed by atoms with Gasteiger partial charge in [-0.3, -0.25) is 0 Å². The van der Waals surface area contributed by atoms with Gasteiger partial charge in [0.05, 0.1) is 11.9 Å². The number of hydrogen-bond acceptors (Lipinski definition) is 4. The average molecular weight is 628 g/mol. The van der Waals surface area contributed by atoms with Crippen molar-refractivity contribution in [2.45, 2.75) is 178 Å². The molecule has 0 amide bonds. The fourth-order valence-electron chi connectivity index (χ4n) is 4.40. The summed E-state index contributed by atoms with van der Waals surface area (Å²) in [5.74, 6) is -2.71. The molecule has 0 heterocycles. The first-order valence-corrected chi connectivity index (χ1v) is 19.8. The molecule has 0 unspecified atom stereocenters. The summed E-state index contributed by atoms with van der Waals surface area (Å²) in [7, 11) is 0. The summed E-state index contributed by atoms with van der Waals surface area (Å²) in [5, 5.41) is 22.7. The SMILES string of the molecule is CCCCCCCCC(C(=O)[O-])=C(CCCCCCCC)C(=O)[O-].CCCCC[CH2][Sn+2][CH2]CCCCC. The van der Waals surface area contributed by atoms with E-state index in [4.69, 9.17) is 0 Å². The number of carbonyl (C=O) groups is 2. The zero-order valence-corrected chi connectivity index (χ0v) is 28.0. The summed E-state index contributed by atoms with van der Waals surface area (Å²) < 4.78 is 3.30. The van der Waals surface area contributed by atoms with Crippen LogP contribution in [0.2, 0.25) is 8.87 Å². The van der Waals surface area contributed by atoms with Gasteiger partial charge in [0.2, 0.25) is 0 Å². The molecular formula is C32H60O4Sn. The third-order valence-corrected chi connectivity index (χ3v) is 10.9. The molecule has 0 aliphatic carbocycles. The Morgan fingerprint density at radius 1 is 0.432 bits per heavy atom. The van der Waals surface area contributed by atoms with E-state index in [2.05, 4.69) is 27.7 Å². The fourth-order valence-corrected chi connectivity index (χ4v) is 7.96. The van der Waals surface area contributed by atoms with E-state index in [1.807, 2.05) is 0 Å².